The molecule has 6 nitrogen and oxygen atoms in total. The van der Waals surface area contributed by atoms with Gasteiger partial charge in [0.05, 0.1) is 10.6 Å². The monoisotopic (exact) mass is 442 g/mol. The molecule has 1 aromatic heterocycles. The third-order valence-corrected chi connectivity index (χ3v) is 5.28. The van der Waals surface area contributed by atoms with Gasteiger partial charge in [0.25, 0.3) is 0 Å². The number of nitrogens with one attached hydrogen (secondary N) is 3. The van der Waals surface area contributed by atoms with Gasteiger partial charge in [-0.15, -0.1) is 0 Å². The Morgan fingerprint density at radius 2 is 1.70 bits per heavy atom. The van der Waals surface area contributed by atoms with Gasteiger partial charge in [-0.3, -0.25) is 0 Å². The molecule has 0 aliphatic carbocycles. The lowest BCUT2D eigenvalue weighted by atomic mass is 9.79. The Kier molecular flexibility index (Phi) is 5.81. The van der Waals surface area contributed by atoms with E-state index >= 15 is 0 Å². The highest BCUT2D eigenvalue weighted by molar-refractivity contribution is 6.31. The second kappa shape index (κ2) is 7.77. The number of nitrogens with zero attached hydrogens (tertiary/aromatic N) is 2. The Balaban J connectivity index is 1.82. The minimum atomic E-state index is -4.56. The molecule has 0 atom stereocenters. The average molecular weight is 443 g/mol. The fourth-order valence-electron chi connectivity index (χ4n) is 4.18. The molecule has 0 saturated carbocycles. The average Bonchev–Trinajstić information content (AvgIpc) is 2.56. The fraction of sp³-hybridized carbons (Fsp3) is 0.500. The van der Waals surface area contributed by atoms with Gasteiger partial charge in [-0.2, -0.15) is 13.2 Å². The molecule has 2 heterocycles. The van der Waals surface area contributed by atoms with Crippen molar-refractivity contribution >= 4 is 34.6 Å². The summed E-state index contributed by atoms with van der Waals surface area (Å²) in [5, 5.41) is 9.45. The molecule has 1 fully saturated rings. The van der Waals surface area contributed by atoms with Crippen LogP contribution in [0.25, 0.3) is 0 Å². The van der Waals surface area contributed by atoms with Gasteiger partial charge in [0, 0.05) is 22.8 Å². The molecule has 0 bridgehead atoms. The van der Waals surface area contributed by atoms with Crippen molar-refractivity contribution in [3.05, 3.63) is 35.1 Å². The highest BCUT2D eigenvalue weighted by atomic mass is 35.5. The van der Waals surface area contributed by atoms with E-state index in [9.17, 15) is 13.2 Å². The number of hydrogen-bond donors (Lipinski definition) is 4. The van der Waals surface area contributed by atoms with Crippen molar-refractivity contribution in [1.82, 2.24) is 15.3 Å². The molecular weight excluding hydrogens is 417 g/mol. The number of aromatic nitrogens is 2. The largest absolute Gasteiger partial charge is 0.417 e. The normalized spacial score (nSPS) is 18.8. The summed E-state index contributed by atoms with van der Waals surface area (Å²) in [5.41, 5.74) is 5.56. The van der Waals surface area contributed by atoms with Crippen molar-refractivity contribution in [2.75, 3.05) is 16.4 Å². The van der Waals surface area contributed by atoms with Crippen LogP contribution in [-0.2, 0) is 6.18 Å². The topological polar surface area (TPSA) is 87.9 Å². The molecule has 0 unspecified atom stereocenters. The second-order valence-corrected chi connectivity index (χ2v) is 9.35. The molecule has 0 radical (unpaired) electrons. The van der Waals surface area contributed by atoms with Crippen LogP contribution in [0.1, 0.15) is 46.1 Å². The first kappa shape index (κ1) is 22.4. The maximum atomic E-state index is 13.1. The summed E-state index contributed by atoms with van der Waals surface area (Å²) in [7, 11) is 0. The number of nitrogen functional groups attached to an aromatic ring is 1. The summed E-state index contributed by atoms with van der Waals surface area (Å²) < 4.78 is 39.4. The number of halogens is 4. The number of alkyl halides is 3. The van der Waals surface area contributed by atoms with Crippen molar-refractivity contribution in [3.63, 3.8) is 0 Å². The van der Waals surface area contributed by atoms with E-state index in [1.165, 1.54) is 18.5 Å². The first-order chi connectivity index (χ1) is 13.8. The number of hydrogen-bond acceptors (Lipinski definition) is 6. The number of piperidine rings is 1. The van der Waals surface area contributed by atoms with Crippen molar-refractivity contribution in [3.8, 4) is 0 Å². The van der Waals surface area contributed by atoms with E-state index in [2.05, 4.69) is 53.6 Å². The highest BCUT2D eigenvalue weighted by Crippen LogP contribution is 2.37. The maximum absolute atomic E-state index is 13.1. The lowest BCUT2D eigenvalue weighted by molar-refractivity contribution is -0.137. The van der Waals surface area contributed by atoms with Crippen LogP contribution in [0.2, 0.25) is 5.02 Å². The van der Waals surface area contributed by atoms with Gasteiger partial charge < -0.3 is 21.7 Å². The highest BCUT2D eigenvalue weighted by Gasteiger charge is 2.38. The summed E-state index contributed by atoms with van der Waals surface area (Å²) in [6.45, 7) is 8.55. The number of benzene rings is 1. The SMILES string of the molecule is CC1(C)CC(Nc2ncnc(Nc3ccc(Cl)c(C(F)(F)F)c3)c2N)CC(C)(C)N1. The molecule has 2 aromatic rings. The minimum absolute atomic E-state index is 0.0698. The summed E-state index contributed by atoms with van der Waals surface area (Å²) in [6, 6.07) is 3.66. The first-order valence-corrected chi connectivity index (χ1v) is 9.94. The van der Waals surface area contributed by atoms with E-state index in [1.807, 2.05) is 0 Å². The molecule has 3 rings (SSSR count). The molecule has 0 spiro atoms. The zero-order valence-corrected chi connectivity index (χ0v) is 18.0. The van der Waals surface area contributed by atoms with Crippen LogP contribution in [0.3, 0.4) is 0 Å². The van der Waals surface area contributed by atoms with Crippen molar-refractivity contribution in [2.45, 2.75) is 63.8 Å². The van der Waals surface area contributed by atoms with Crippen LogP contribution in [0.5, 0.6) is 0 Å². The molecule has 1 saturated heterocycles. The van der Waals surface area contributed by atoms with Gasteiger partial charge in [0.2, 0.25) is 0 Å². The first-order valence-electron chi connectivity index (χ1n) is 9.56. The van der Waals surface area contributed by atoms with Crippen molar-refractivity contribution in [2.24, 2.45) is 0 Å². The maximum Gasteiger partial charge on any atom is 0.417 e. The van der Waals surface area contributed by atoms with Crippen molar-refractivity contribution in [1.29, 1.82) is 0 Å². The molecular formula is C20H26ClF3N6. The Bertz CT molecular complexity index is 913. The van der Waals surface area contributed by atoms with E-state index < -0.39 is 11.7 Å². The molecule has 164 valence electrons. The third-order valence-electron chi connectivity index (χ3n) is 4.95. The summed E-state index contributed by atoms with van der Waals surface area (Å²) >= 11 is 5.68. The minimum Gasteiger partial charge on any atom is -0.393 e. The van der Waals surface area contributed by atoms with E-state index in [4.69, 9.17) is 17.3 Å². The molecule has 1 aliphatic rings. The Labute approximate surface area is 178 Å². The van der Waals surface area contributed by atoms with Gasteiger partial charge in [-0.1, -0.05) is 11.6 Å². The summed E-state index contributed by atoms with van der Waals surface area (Å²) in [4.78, 5) is 8.32. The quantitative estimate of drug-likeness (QED) is 0.520. The number of nitrogens with two attached hydrogens (primary N) is 1. The second-order valence-electron chi connectivity index (χ2n) is 8.94. The summed E-state index contributed by atoms with van der Waals surface area (Å²) in [6.07, 6.45) is -1.53. The lowest BCUT2D eigenvalue weighted by Gasteiger charge is -2.46. The Morgan fingerprint density at radius 3 is 2.30 bits per heavy atom. The smallest absolute Gasteiger partial charge is 0.393 e. The van der Waals surface area contributed by atoms with E-state index in [-0.39, 0.29) is 39.3 Å². The summed E-state index contributed by atoms with van der Waals surface area (Å²) in [5.74, 6) is 0.659. The van der Waals surface area contributed by atoms with Gasteiger partial charge in [-0.25, -0.2) is 9.97 Å². The van der Waals surface area contributed by atoms with Gasteiger partial charge >= 0.3 is 6.18 Å². The van der Waals surface area contributed by atoms with Crippen molar-refractivity contribution < 1.29 is 13.2 Å². The third kappa shape index (κ3) is 5.26. The van der Waals surface area contributed by atoms with Gasteiger partial charge in [0.1, 0.15) is 12.0 Å². The predicted octanol–water partition coefficient (Wildman–Crippen LogP) is 5.20. The van der Waals surface area contributed by atoms with Crippen LogP contribution < -0.4 is 21.7 Å². The Hall–Kier alpha value is -2.26. The van der Waals surface area contributed by atoms with E-state index in [0.29, 0.717) is 5.82 Å². The molecule has 5 N–H and O–H groups in total. The number of anilines is 4. The molecule has 1 aromatic carbocycles. The predicted molar refractivity (Wildman–Crippen MR) is 114 cm³/mol. The molecule has 10 heteroatoms. The van der Waals surface area contributed by atoms with E-state index in [0.717, 1.165) is 18.9 Å². The number of rotatable bonds is 4. The zero-order valence-electron chi connectivity index (χ0n) is 17.3. The van der Waals surface area contributed by atoms with Crippen LogP contribution in [-0.4, -0.2) is 27.1 Å². The molecule has 0 amide bonds. The molecule has 30 heavy (non-hydrogen) atoms. The zero-order chi connectivity index (χ0) is 22.3. The van der Waals surface area contributed by atoms with Gasteiger partial charge in [-0.05, 0) is 58.7 Å². The Morgan fingerprint density at radius 1 is 1.10 bits per heavy atom. The standard InChI is InChI=1S/C20H26ClF3N6/c1-18(2)8-12(9-19(3,4)30-18)29-17-15(25)16(26-10-27-17)28-11-5-6-14(21)13(7-11)20(22,23)24/h5-7,10,12,30H,8-9,25H2,1-4H3,(H2,26,27,28,29). The fourth-order valence-corrected chi connectivity index (χ4v) is 4.41. The van der Waals surface area contributed by atoms with Gasteiger partial charge in [0.15, 0.2) is 11.6 Å². The van der Waals surface area contributed by atoms with Crippen LogP contribution in [0.15, 0.2) is 24.5 Å². The molecule has 1 aliphatic heterocycles. The van der Waals surface area contributed by atoms with Crippen LogP contribution in [0.4, 0.5) is 36.2 Å². The van der Waals surface area contributed by atoms with Crippen LogP contribution >= 0.6 is 11.6 Å². The van der Waals surface area contributed by atoms with Crippen LogP contribution in [0, 0.1) is 0 Å². The van der Waals surface area contributed by atoms with E-state index in [1.54, 1.807) is 0 Å². The lowest BCUT2D eigenvalue weighted by Crippen LogP contribution is -2.60.